The molecule has 0 bridgehead atoms. The summed E-state index contributed by atoms with van der Waals surface area (Å²) in [5.41, 5.74) is 0.584. The molecular formula is C17H21F2N3O2S. The van der Waals surface area contributed by atoms with Gasteiger partial charge in [-0.15, -0.1) is 0 Å². The summed E-state index contributed by atoms with van der Waals surface area (Å²) < 4.78 is 26.5. The van der Waals surface area contributed by atoms with E-state index in [4.69, 9.17) is 0 Å². The first-order valence-electron chi connectivity index (χ1n) is 8.36. The highest BCUT2D eigenvalue weighted by Gasteiger charge is 2.33. The number of hydrogen-bond donors (Lipinski definition) is 1. The summed E-state index contributed by atoms with van der Waals surface area (Å²) in [6, 6.07) is 3.15. The summed E-state index contributed by atoms with van der Waals surface area (Å²) in [6.07, 6.45) is 0.111. The Morgan fingerprint density at radius 3 is 2.68 bits per heavy atom. The molecule has 1 atom stereocenters. The van der Waals surface area contributed by atoms with Gasteiger partial charge in [0.1, 0.15) is 0 Å². The van der Waals surface area contributed by atoms with E-state index < -0.39 is 17.7 Å². The van der Waals surface area contributed by atoms with E-state index in [1.54, 1.807) is 4.90 Å². The summed E-state index contributed by atoms with van der Waals surface area (Å²) in [5, 5.41) is 2.79. The minimum absolute atomic E-state index is 0.0300. The Labute approximate surface area is 149 Å². The average molecular weight is 369 g/mol. The lowest BCUT2D eigenvalue weighted by atomic mass is 10.1. The second kappa shape index (κ2) is 8.14. The summed E-state index contributed by atoms with van der Waals surface area (Å²) in [4.78, 5) is 28.4. The van der Waals surface area contributed by atoms with E-state index in [2.05, 4.69) is 5.32 Å². The number of carbonyl (C=O) groups excluding carboxylic acids is 2. The molecule has 2 amide bonds. The Balaban J connectivity index is 1.68. The minimum atomic E-state index is -0.905. The zero-order chi connectivity index (χ0) is 17.8. The van der Waals surface area contributed by atoms with Crippen LogP contribution in [0.1, 0.15) is 12.0 Å². The molecule has 0 spiro atoms. The molecule has 1 aromatic carbocycles. The molecule has 2 saturated heterocycles. The standard InChI is InChI=1S/C17H21F2N3O2S/c18-13-2-1-12(9-14(13)19)11-22-4-3-20-17(24)15(22)10-16(23)21-5-7-25-8-6-21/h1-2,9,15H,3-8,10-11H2,(H,20,24). The molecule has 5 nitrogen and oxygen atoms in total. The molecule has 1 N–H and O–H groups in total. The first-order chi connectivity index (χ1) is 12.0. The predicted molar refractivity (Wildman–Crippen MR) is 92.1 cm³/mol. The number of nitrogens with one attached hydrogen (secondary N) is 1. The highest BCUT2D eigenvalue weighted by molar-refractivity contribution is 7.99. The normalized spacial score (nSPS) is 21.9. The number of rotatable bonds is 4. The van der Waals surface area contributed by atoms with E-state index in [9.17, 15) is 18.4 Å². The predicted octanol–water partition coefficient (Wildman–Crippen LogP) is 1.23. The van der Waals surface area contributed by atoms with Crippen LogP contribution in [0.25, 0.3) is 0 Å². The largest absolute Gasteiger partial charge is 0.353 e. The van der Waals surface area contributed by atoms with Crippen LogP contribution in [-0.4, -0.2) is 65.3 Å². The minimum Gasteiger partial charge on any atom is -0.353 e. The van der Waals surface area contributed by atoms with E-state index in [1.165, 1.54) is 6.07 Å². The van der Waals surface area contributed by atoms with Gasteiger partial charge in [-0.25, -0.2) is 8.78 Å². The fourth-order valence-electron chi connectivity index (χ4n) is 3.15. The molecule has 25 heavy (non-hydrogen) atoms. The second-order valence-electron chi connectivity index (χ2n) is 6.22. The van der Waals surface area contributed by atoms with Crippen LogP contribution >= 0.6 is 11.8 Å². The van der Waals surface area contributed by atoms with E-state index in [1.807, 2.05) is 16.7 Å². The van der Waals surface area contributed by atoms with Crippen molar-refractivity contribution >= 4 is 23.6 Å². The van der Waals surface area contributed by atoms with E-state index >= 15 is 0 Å². The first-order valence-corrected chi connectivity index (χ1v) is 9.51. The summed E-state index contributed by atoms with van der Waals surface area (Å²) in [6.45, 7) is 2.77. The number of halogens is 2. The third-order valence-electron chi connectivity index (χ3n) is 4.54. The number of thioether (sulfide) groups is 1. The van der Waals surface area contributed by atoms with Crippen molar-refractivity contribution < 1.29 is 18.4 Å². The smallest absolute Gasteiger partial charge is 0.237 e. The molecule has 136 valence electrons. The molecule has 2 aliphatic heterocycles. The van der Waals surface area contributed by atoms with Crippen molar-refractivity contribution in [2.45, 2.75) is 19.0 Å². The van der Waals surface area contributed by atoms with Crippen molar-refractivity contribution in [3.63, 3.8) is 0 Å². The molecule has 0 aliphatic carbocycles. The molecular weight excluding hydrogens is 348 g/mol. The lowest BCUT2D eigenvalue weighted by Gasteiger charge is -2.36. The lowest BCUT2D eigenvalue weighted by Crippen LogP contribution is -2.56. The van der Waals surface area contributed by atoms with Crippen molar-refractivity contribution in [2.75, 3.05) is 37.7 Å². The zero-order valence-corrected chi connectivity index (χ0v) is 14.7. The highest BCUT2D eigenvalue weighted by atomic mass is 32.2. The molecule has 0 radical (unpaired) electrons. The first kappa shape index (κ1) is 18.1. The van der Waals surface area contributed by atoms with Crippen LogP contribution in [-0.2, 0) is 16.1 Å². The molecule has 1 unspecified atom stereocenters. The van der Waals surface area contributed by atoms with Gasteiger partial charge in [0.05, 0.1) is 12.5 Å². The van der Waals surface area contributed by atoms with Crippen molar-refractivity contribution in [3.8, 4) is 0 Å². The van der Waals surface area contributed by atoms with Crippen molar-refractivity contribution in [1.29, 1.82) is 0 Å². The monoisotopic (exact) mass is 369 g/mol. The molecule has 2 heterocycles. The van der Waals surface area contributed by atoms with Gasteiger partial charge >= 0.3 is 0 Å². The maximum Gasteiger partial charge on any atom is 0.237 e. The molecule has 2 aliphatic rings. The van der Waals surface area contributed by atoms with Crippen LogP contribution in [0.4, 0.5) is 8.78 Å². The van der Waals surface area contributed by atoms with Gasteiger partial charge in [-0.1, -0.05) is 6.07 Å². The fourth-order valence-corrected chi connectivity index (χ4v) is 4.06. The number of benzene rings is 1. The van der Waals surface area contributed by atoms with Gasteiger partial charge in [-0.3, -0.25) is 14.5 Å². The Morgan fingerprint density at radius 2 is 1.96 bits per heavy atom. The van der Waals surface area contributed by atoms with Crippen LogP contribution in [0.5, 0.6) is 0 Å². The van der Waals surface area contributed by atoms with Gasteiger partial charge in [0.2, 0.25) is 11.8 Å². The maximum absolute atomic E-state index is 13.4. The SMILES string of the molecule is O=C1NCCN(Cc2ccc(F)c(F)c2)C1CC(=O)N1CCSCC1. The molecule has 1 aromatic rings. The van der Waals surface area contributed by atoms with E-state index in [0.29, 0.717) is 38.3 Å². The summed E-state index contributed by atoms with van der Waals surface area (Å²) >= 11 is 1.82. The Bertz CT molecular complexity index is 653. The highest BCUT2D eigenvalue weighted by Crippen LogP contribution is 2.18. The number of piperazine rings is 1. The van der Waals surface area contributed by atoms with Crippen molar-refractivity contribution in [1.82, 2.24) is 15.1 Å². The Kier molecular flexibility index (Phi) is 5.90. The molecule has 8 heteroatoms. The Hall–Kier alpha value is -1.67. The molecule has 3 rings (SSSR count). The lowest BCUT2D eigenvalue weighted by molar-refractivity contribution is -0.138. The summed E-state index contributed by atoms with van der Waals surface area (Å²) in [7, 11) is 0. The fraction of sp³-hybridized carbons (Fsp3) is 0.529. The van der Waals surface area contributed by atoms with Crippen molar-refractivity contribution in [3.05, 3.63) is 35.4 Å². The number of hydrogen-bond acceptors (Lipinski definition) is 4. The van der Waals surface area contributed by atoms with Gasteiger partial charge in [-0.2, -0.15) is 11.8 Å². The number of amides is 2. The van der Waals surface area contributed by atoms with Crippen LogP contribution in [0.15, 0.2) is 18.2 Å². The number of nitrogens with zero attached hydrogens (tertiary/aromatic N) is 2. The van der Waals surface area contributed by atoms with Crippen LogP contribution < -0.4 is 5.32 Å². The average Bonchev–Trinajstić information content (AvgIpc) is 2.62. The summed E-state index contributed by atoms with van der Waals surface area (Å²) in [5.74, 6) is -0.180. The van der Waals surface area contributed by atoms with Gasteiger partial charge < -0.3 is 10.2 Å². The van der Waals surface area contributed by atoms with E-state index in [-0.39, 0.29) is 18.2 Å². The third-order valence-corrected chi connectivity index (χ3v) is 5.49. The van der Waals surface area contributed by atoms with Gasteiger partial charge in [0, 0.05) is 44.2 Å². The third kappa shape index (κ3) is 4.49. The van der Waals surface area contributed by atoms with Crippen LogP contribution in [0.2, 0.25) is 0 Å². The van der Waals surface area contributed by atoms with Gasteiger partial charge in [0.25, 0.3) is 0 Å². The Morgan fingerprint density at radius 1 is 1.20 bits per heavy atom. The molecule has 0 aromatic heterocycles. The van der Waals surface area contributed by atoms with Gasteiger partial charge in [0.15, 0.2) is 11.6 Å². The van der Waals surface area contributed by atoms with Crippen LogP contribution in [0, 0.1) is 11.6 Å². The maximum atomic E-state index is 13.4. The zero-order valence-electron chi connectivity index (χ0n) is 13.8. The quantitative estimate of drug-likeness (QED) is 0.868. The van der Waals surface area contributed by atoms with Crippen LogP contribution in [0.3, 0.4) is 0 Å². The van der Waals surface area contributed by atoms with Gasteiger partial charge in [-0.05, 0) is 17.7 Å². The second-order valence-corrected chi connectivity index (χ2v) is 7.45. The topological polar surface area (TPSA) is 52.7 Å². The number of carbonyl (C=O) groups is 2. The van der Waals surface area contributed by atoms with E-state index in [0.717, 1.165) is 23.6 Å². The van der Waals surface area contributed by atoms with Crippen molar-refractivity contribution in [2.24, 2.45) is 0 Å². The molecule has 0 saturated carbocycles. The molecule has 2 fully saturated rings.